The normalized spacial score (nSPS) is 16.7. The van der Waals surface area contributed by atoms with E-state index in [2.05, 4.69) is 25.1 Å². The van der Waals surface area contributed by atoms with E-state index < -0.39 is 11.4 Å². The number of rotatable bonds is 9. The van der Waals surface area contributed by atoms with Gasteiger partial charge in [-0.15, -0.1) is 0 Å². The molecule has 34 heavy (non-hydrogen) atoms. The Bertz CT molecular complexity index is 1230. The van der Waals surface area contributed by atoms with Crippen LogP contribution in [-0.2, 0) is 24.1 Å². The van der Waals surface area contributed by atoms with Gasteiger partial charge in [-0.2, -0.15) is 0 Å². The first kappa shape index (κ1) is 23.6. The number of carbonyl (C=O) groups is 2. The number of hydrogen-bond acceptors (Lipinski definition) is 4. The Balaban J connectivity index is 1.50. The quantitative estimate of drug-likeness (QED) is 0.436. The summed E-state index contributed by atoms with van der Waals surface area (Å²) >= 11 is 0. The van der Waals surface area contributed by atoms with Gasteiger partial charge in [0.25, 0.3) is 0 Å². The second-order valence-electron chi connectivity index (χ2n) is 9.20. The summed E-state index contributed by atoms with van der Waals surface area (Å²) in [6, 6.07) is 19.2. The fourth-order valence-electron chi connectivity index (χ4n) is 4.82. The van der Waals surface area contributed by atoms with Crippen LogP contribution in [-0.4, -0.2) is 30.6 Å². The van der Waals surface area contributed by atoms with Crippen LogP contribution in [0.1, 0.15) is 44.6 Å². The topological polar surface area (TPSA) is 72.8 Å². The maximum Gasteiger partial charge on any atom is 0.310 e. The molecule has 5 nitrogen and oxygen atoms in total. The lowest BCUT2D eigenvalue weighted by Gasteiger charge is -2.23. The number of carbonyl (C=O) groups excluding carboxylic acids is 1. The minimum Gasteiger partial charge on any atom is -0.493 e. The van der Waals surface area contributed by atoms with Gasteiger partial charge >= 0.3 is 5.97 Å². The molecule has 3 aromatic rings. The number of Topliss-reactive ketones (excluding diaryl/α,β-unsaturated/α-hetero) is 1. The number of benzene rings is 3. The lowest BCUT2D eigenvalue weighted by molar-refractivity contribution is -0.148. The van der Waals surface area contributed by atoms with Crippen LogP contribution in [0, 0.1) is 19.3 Å². The molecule has 0 aliphatic heterocycles. The van der Waals surface area contributed by atoms with Crippen LogP contribution in [0.2, 0.25) is 0 Å². The largest absolute Gasteiger partial charge is 0.493 e. The number of ether oxygens (including phenoxy) is 2. The number of aryl methyl sites for hydroxylation is 2. The average molecular weight is 459 g/mol. The molecule has 1 unspecified atom stereocenters. The van der Waals surface area contributed by atoms with Crippen LogP contribution in [0.25, 0.3) is 0 Å². The molecule has 0 aromatic heterocycles. The fraction of sp³-hybridized carbons (Fsp3) is 0.310. The highest BCUT2D eigenvalue weighted by atomic mass is 16.5. The molecule has 0 spiro atoms. The number of aliphatic carboxylic acids is 1. The van der Waals surface area contributed by atoms with Crippen molar-refractivity contribution in [1.82, 2.24) is 0 Å². The summed E-state index contributed by atoms with van der Waals surface area (Å²) in [6.07, 6.45) is 1.39. The number of methoxy groups -OCH3 is 1. The Morgan fingerprint density at radius 2 is 1.76 bits per heavy atom. The number of hydrogen-bond donors (Lipinski definition) is 1. The van der Waals surface area contributed by atoms with Crippen molar-refractivity contribution in [3.05, 3.63) is 94.0 Å². The summed E-state index contributed by atoms with van der Waals surface area (Å²) < 4.78 is 11.4. The van der Waals surface area contributed by atoms with E-state index in [1.165, 1.54) is 11.1 Å². The highest BCUT2D eigenvalue weighted by Gasteiger charge is 2.46. The van der Waals surface area contributed by atoms with E-state index in [-0.39, 0.29) is 12.2 Å². The molecule has 1 N–H and O–H groups in total. The maximum atomic E-state index is 13.3. The molecule has 1 aliphatic rings. The van der Waals surface area contributed by atoms with Crippen LogP contribution in [0.4, 0.5) is 0 Å². The Morgan fingerprint density at radius 3 is 2.47 bits per heavy atom. The predicted molar refractivity (Wildman–Crippen MR) is 131 cm³/mol. The van der Waals surface area contributed by atoms with E-state index >= 15 is 0 Å². The minimum atomic E-state index is -1.13. The molecule has 0 bridgehead atoms. The van der Waals surface area contributed by atoms with E-state index in [9.17, 15) is 14.7 Å². The number of fused-ring (bicyclic) bond motifs is 1. The highest BCUT2D eigenvalue weighted by molar-refractivity contribution is 5.99. The third-order valence-electron chi connectivity index (χ3n) is 6.72. The van der Waals surface area contributed by atoms with Crippen molar-refractivity contribution in [3.63, 3.8) is 0 Å². The summed E-state index contributed by atoms with van der Waals surface area (Å²) in [6.45, 7) is 4.48. The molecule has 0 saturated carbocycles. The molecule has 0 fully saturated rings. The van der Waals surface area contributed by atoms with E-state index in [0.717, 1.165) is 23.1 Å². The van der Waals surface area contributed by atoms with Crippen molar-refractivity contribution in [2.75, 3.05) is 13.7 Å². The van der Waals surface area contributed by atoms with E-state index in [1.807, 2.05) is 31.2 Å². The first-order valence-corrected chi connectivity index (χ1v) is 11.5. The predicted octanol–water partition coefficient (Wildman–Crippen LogP) is 5.38. The fourth-order valence-corrected chi connectivity index (χ4v) is 4.82. The van der Waals surface area contributed by atoms with Gasteiger partial charge in [0.05, 0.1) is 19.1 Å². The SMILES string of the molecule is COc1ccc(C(=O)CC2(C(=O)O)Cc3cccc(C)c3C2)cc1OCCc1cccc(C)c1. The van der Waals surface area contributed by atoms with E-state index in [4.69, 9.17) is 9.47 Å². The van der Waals surface area contributed by atoms with Crippen LogP contribution in [0.15, 0.2) is 60.7 Å². The van der Waals surface area contributed by atoms with Crippen LogP contribution in [0.3, 0.4) is 0 Å². The van der Waals surface area contributed by atoms with Crippen molar-refractivity contribution >= 4 is 11.8 Å². The molecular formula is C29H30O5. The first-order chi connectivity index (χ1) is 16.3. The molecule has 3 aromatic carbocycles. The Labute approximate surface area is 200 Å². The van der Waals surface area contributed by atoms with Gasteiger partial charge in [0.1, 0.15) is 0 Å². The van der Waals surface area contributed by atoms with Crippen molar-refractivity contribution in [1.29, 1.82) is 0 Å². The van der Waals surface area contributed by atoms with Crippen molar-refractivity contribution in [3.8, 4) is 11.5 Å². The minimum absolute atomic E-state index is 0.0640. The first-order valence-electron chi connectivity index (χ1n) is 11.5. The smallest absolute Gasteiger partial charge is 0.310 e. The van der Waals surface area contributed by atoms with Gasteiger partial charge in [0, 0.05) is 18.4 Å². The van der Waals surface area contributed by atoms with Crippen molar-refractivity contribution in [2.45, 2.75) is 39.5 Å². The van der Waals surface area contributed by atoms with Gasteiger partial charge in [-0.1, -0.05) is 48.0 Å². The third-order valence-corrected chi connectivity index (χ3v) is 6.72. The molecule has 0 amide bonds. The van der Waals surface area contributed by atoms with E-state index in [0.29, 0.717) is 36.5 Å². The molecule has 0 radical (unpaired) electrons. The molecule has 1 aliphatic carbocycles. The second kappa shape index (κ2) is 9.72. The van der Waals surface area contributed by atoms with Gasteiger partial charge in [-0.3, -0.25) is 9.59 Å². The summed E-state index contributed by atoms with van der Waals surface area (Å²) in [5.41, 5.74) is 4.81. The second-order valence-corrected chi connectivity index (χ2v) is 9.20. The van der Waals surface area contributed by atoms with Crippen molar-refractivity contribution < 1.29 is 24.2 Å². The number of ketones is 1. The summed E-state index contributed by atoms with van der Waals surface area (Å²) in [4.78, 5) is 25.6. The van der Waals surface area contributed by atoms with Gasteiger partial charge in [-0.05, 0) is 67.1 Å². The average Bonchev–Trinajstić information content (AvgIpc) is 3.20. The molecule has 0 heterocycles. The lowest BCUT2D eigenvalue weighted by atomic mass is 9.78. The van der Waals surface area contributed by atoms with Crippen LogP contribution >= 0.6 is 0 Å². The van der Waals surface area contributed by atoms with Gasteiger partial charge in [0.2, 0.25) is 0 Å². The zero-order valence-corrected chi connectivity index (χ0v) is 19.9. The van der Waals surface area contributed by atoms with Gasteiger partial charge in [-0.25, -0.2) is 0 Å². The van der Waals surface area contributed by atoms with Gasteiger partial charge in [0.15, 0.2) is 17.3 Å². The number of carboxylic acids is 1. The van der Waals surface area contributed by atoms with Crippen LogP contribution < -0.4 is 9.47 Å². The molecule has 176 valence electrons. The van der Waals surface area contributed by atoms with Crippen LogP contribution in [0.5, 0.6) is 11.5 Å². The molecule has 4 rings (SSSR count). The maximum absolute atomic E-state index is 13.3. The summed E-state index contributed by atoms with van der Waals surface area (Å²) in [5, 5.41) is 10.1. The molecular weight excluding hydrogens is 428 g/mol. The van der Waals surface area contributed by atoms with Crippen molar-refractivity contribution in [2.24, 2.45) is 5.41 Å². The summed E-state index contributed by atoms with van der Waals surface area (Å²) in [5.74, 6) is -0.118. The van der Waals surface area contributed by atoms with E-state index in [1.54, 1.807) is 25.3 Å². The lowest BCUT2D eigenvalue weighted by Crippen LogP contribution is -2.34. The molecule has 5 heteroatoms. The number of carboxylic acid groups (broad SMARTS) is 1. The monoisotopic (exact) mass is 458 g/mol. The third kappa shape index (κ3) is 4.84. The molecule has 1 atom stereocenters. The Kier molecular flexibility index (Phi) is 6.73. The zero-order chi connectivity index (χ0) is 24.3. The Morgan fingerprint density at radius 1 is 0.971 bits per heavy atom. The summed E-state index contributed by atoms with van der Waals surface area (Å²) in [7, 11) is 1.56. The standard InChI is InChI=1S/C29H30O5/c1-19-6-4-8-21(14-19)12-13-34-27-15-22(10-11-26(27)33-3)25(30)18-29(28(31)32)16-23-9-5-7-20(2)24(23)17-29/h4-11,14-15H,12-13,16-18H2,1-3H3,(H,31,32). The van der Waals surface area contributed by atoms with Gasteiger partial charge < -0.3 is 14.6 Å². The Hall–Kier alpha value is -3.60. The highest BCUT2D eigenvalue weighted by Crippen LogP contribution is 2.42. The zero-order valence-electron chi connectivity index (χ0n) is 19.9. The molecule has 0 saturated heterocycles.